The SMILES string of the molecule is CCc1ccc(/C=C2\C(=O)N(C3CCCCC3)C(C)=C2C(=O)OC)cc1. The van der Waals surface area contributed by atoms with Crippen LogP contribution in [0.2, 0.25) is 0 Å². The van der Waals surface area contributed by atoms with Crippen LogP contribution in [-0.4, -0.2) is 29.9 Å². The van der Waals surface area contributed by atoms with Gasteiger partial charge >= 0.3 is 5.97 Å². The minimum Gasteiger partial charge on any atom is -0.465 e. The second-order valence-corrected chi connectivity index (χ2v) is 7.07. The van der Waals surface area contributed by atoms with Gasteiger partial charge in [0, 0.05) is 11.7 Å². The van der Waals surface area contributed by atoms with Crippen molar-refractivity contribution in [1.29, 1.82) is 0 Å². The molecule has 0 N–H and O–H groups in total. The van der Waals surface area contributed by atoms with Crippen molar-refractivity contribution in [3.05, 3.63) is 52.2 Å². The summed E-state index contributed by atoms with van der Waals surface area (Å²) in [7, 11) is 1.37. The minimum absolute atomic E-state index is 0.0747. The number of rotatable bonds is 4. The Kier molecular flexibility index (Phi) is 5.60. The molecule has 138 valence electrons. The number of amides is 1. The Hall–Kier alpha value is -2.36. The molecule has 1 aromatic carbocycles. The van der Waals surface area contributed by atoms with Gasteiger partial charge < -0.3 is 9.64 Å². The van der Waals surface area contributed by atoms with Crippen LogP contribution in [-0.2, 0) is 20.7 Å². The lowest BCUT2D eigenvalue weighted by Gasteiger charge is -2.32. The molecule has 0 saturated heterocycles. The van der Waals surface area contributed by atoms with Crippen LogP contribution in [0.25, 0.3) is 6.08 Å². The van der Waals surface area contributed by atoms with Gasteiger partial charge in [-0.15, -0.1) is 0 Å². The van der Waals surface area contributed by atoms with E-state index in [2.05, 4.69) is 19.1 Å². The third kappa shape index (κ3) is 3.46. The van der Waals surface area contributed by atoms with Crippen molar-refractivity contribution >= 4 is 18.0 Å². The third-order valence-electron chi connectivity index (χ3n) is 5.47. The molecule has 3 rings (SSSR count). The maximum absolute atomic E-state index is 13.2. The van der Waals surface area contributed by atoms with Gasteiger partial charge in [-0.2, -0.15) is 0 Å². The summed E-state index contributed by atoms with van der Waals surface area (Å²) in [6, 6.07) is 8.28. The predicted octanol–water partition coefficient (Wildman–Crippen LogP) is 4.25. The Morgan fingerprint density at radius 2 is 1.85 bits per heavy atom. The third-order valence-corrected chi connectivity index (χ3v) is 5.47. The van der Waals surface area contributed by atoms with Crippen molar-refractivity contribution in [2.45, 2.75) is 58.4 Å². The largest absolute Gasteiger partial charge is 0.465 e. The summed E-state index contributed by atoms with van der Waals surface area (Å²) in [5.74, 6) is -0.514. The molecule has 26 heavy (non-hydrogen) atoms. The van der Waals surface area contributed by atoms with E-state index in [4.69, 9.17) is 4.74 Å². The summed E-state index contributed by atoms with van der Waals surface area (Å²) in [5.41, 5.74) is 3.75. The van der Waals surface area contributed by atoms with Crippen molar-refractivity contribution in [2.24, 2.45) is 0 Å². The summed E-state index contributed by atoms with van der Waals surface area (Å²) in [6.45, 7) is 3.97. The topological polar surface area (TPSA) is 46.6 Å². The van der Waals surface area contributed by atoms with Gasteiger partial charge in [0.2, 0.25) is 0 Å². The summed E-state index contributed by atoms with van der Waals surface area (Å²) in [5, 5.41) is 0. The summed E-state index contributed by atoms with van der Waals surface area (Å²) < 4.78 is 4.98. The Bertz CT molecular complexity index is 752. The van der Waals surface area contributed by atoms with E-state index in [0.717, 1.165) is 43.4 Å². The maximum atomic E-state index is 13.2. The van der Waals surface area contributed by atoms with Crippen molar-refractivity contribution in [3.63, 3.8) is 0 Å². The number of carbonyl (C=O) groups excluding carboxylic acids is 2. The quantitative estimate of drug-likeness (QED) is 0.600. The smallest absolute Gasteiger partial charge is 0.340 e. The molecule has 1 aromatic rings. The molecule has 1 aliphatic carbocycles. The van der Waals surface area contributed by atoms with E-state index in [0.29, 0.717) is 11.1 Å². The van der Waals surface area contributed by atoms with Gasteiger partial charge in [-0.05, 0) is 43.4 Å². The van der Waals surface area contributed by atoms with Crippen LogP contribution in [0.4, 0.5) is 0 Å². The van der Waals surface area contributed by atoms with E-state index in [1.54, 1.807) is 0 Å². The highest BCUT2D eigenvalue weighted by Gasteiger charge is 2.40. The van der Waals surface area contributed by atoms with Gasteiger partial charge in [-0.25, -0.2) is 4.79 Å². The predicted molar refractivity (Wildman–Crippen MR) is 102 cm³/mol. The fourth-order valence-corrected chi connectivity index (χ4v) is 3.99. The molecule has 0 atom stereocenters. The van der Waals surface area contributed by atoms with Crippen molar-refractivity contribution in [3.8, 4) is 0 Å². The molecule has 0 spiro atoms. The number of esters is 1. The molecule has 0 radical (unpaired) electrons. The van der Waals surface area contributed by atoms with Crippen LogP contribution < -0.4 is 0 Å². The number of hydrogen-bond donors (Lipinski definition) is 0. The zero-order chi connectivity index (χ0) is 18.7. The Morgan fingerprint density at radius 3 is 2.42 bits per heavy atom. The van der Waals surface area contributed by atoms with Gasteiger partial charge in [0.05, 0.1) is 18.3 Å². The highest BCUT2D eigenvalue weighted by atomic mass is 16.5. The van der Waals surface area contributed by atoms with Gasteiger partial charge in [0.15, 0.2) is 0 Å². The molecular formula is C22H27NO3. The number of hydrogen-bond acceptors (Lipinski definition) is 3. The molecule has 0 aromatic heterocycles. The van der Waals surface area contributed by atoms with E-state index < -0.39 is 5.97 Å². The van der Waals surface area contributed by atoms with Crippen LogP contribution in [0.5, 0.6) is 0 Å². The van der Waals surface area contributed by atoms with E-state index in [-0.39, 0.29) is 11.9 Å². The van der Waals surface area contributed by atoms with Crippen molar-refractivity contribution in [2.75, 3.05) is 7.11 Å². The first-order valence-corrected chi connectivity index (χ1v) is 9.50. The number of carbonyl (C=O) groups is 2. The van der Waals surface area contributed by atoms with E-state index in [1.807, 2.05) is 30.0 Å². The molecule has 0 unspecified atom stereocenters. The Morgan fingerprint density at radius 1 is 1.19 bits per heavy atom. The van der Waals surface area contributed by atoms with Crippen molar-refractivity contribution in [1.82, 2.24) is 4.90 Å². The fourth-order valence-electron chi connectivity index (χ4n) is 3.99. The number of aryl methyl sites for hydroxylation is 1. The maximum Gasteiger partial charge on any atom is 0.340 e. The summed E-state index contributed by atoms with van der Waals surface area (Å²) in [6.07, 6.45) is 8.27. The zero-order valence-electron chi connectivity index (χ0n) is 15.9. The molecular weight excluding hydrogens is 326 g/mol. The van der Waals surface area contributed by atoms with E-state index >= 15 is 0 Å². The number of nitrogens with zero attached hydrogens (tertiary/aromatic N) is 1. The minimum atomic E-state index is -0.439. The fraction of sp³-hybridized carbons (Fsp3) is 0.455. The zero-order valence-corrected chi connectivity index (χ0v) is 15.9. The van der Waals surface area contributed by atoms with E-state index in [9.17, 15) is 9.59 Å². The van der Waals surface area contributed by atoms with Crippen molar-refractivity contribution < 1.29 is 14.3 Å². The first kappa shape index (κ1) is 18.4. The summed E-state index contributed by atoms with van der Waals surface area (Å²) in [4.78, 5) is 27.4. The van der Waals surface area contributed by atoms with Gasteiger partial charge in [-0.3, -0.25) is 4.79 Å². The van der Waals surface area contributed by atoms with Crippen LogP contribution in [0, 0.1) is 0 Å². The van der Waals surface area contributed by atoms with Crippen LogP contribution >= 0.6 is 0 Å². The molecule has 0 bridgehead atoms. The number of benzene rings is 1. The normalized spacial score (nSPS) is 20.2. The lowest BCUT2D eigenvalue weighted by atomic mass is 9.94. The Balaban J connectivity index is 2.00. The molecule has 1 aliphatic heterocycles. The van der Waals surface area contributed by atoms with Gasteiger partial charge in [0.25, 0.3) is 5.91 Å². The standard InChI is InChI=1S/C22H27NO3/c1-4-16-10-12-17(13-11-16)14-19-20(22(25)26-3)15(2)23(21(19)24)18-8-6-5-7-9-18/h10-14,18H,4-9H2,1-3H3/b19-14-. The molecule has 4 nitrogen and oxygen atoms in total. The molecule has 1 heterocycles. The first-order chi connectivity index (χ1) is 12.6. The molecule has 1 saturated carbocycles. The van der Waals surface area contributed by atoms with Crippen LogP contribution in [0.3, 0.4) is 0 Å². The second-order valence-electron chi connectivity index (χ2n) is 7.07. The van der Waals surface area contributed by atoms with E-state index in [1.165, 1.54) is 19.1 Å². The average Bonchev–Trinajstić information content (AvgIpc) is 2.92. The first-order valence-electron chi connectivity index (χ1n) is 9.50. The lowest BCUT2D eigenvalue weighted by molar-refractivity contribution is -0.136. The lowest BCUT2D eigenvalue weighted by Crippen LogP contribution is -2.37. The van der Waals surface area contributed by atoms with Gasteiger partial charge in [-0.1, -0.05) is 50.5 Å². The highest BCUT2D eigenvalue weighted by Crippen LogP contribution is 2.36. The molecule has 4 heteroatoms. The molecule has 1 amide bonds. The van der Waals surface area contributed by atoms with Gasteiger partial charge in [0.1, 0.15) is 0 Å². The number of ether oxygens (including phenoxy) is 1. The number of methoxy groups -OCH3 is 1. The second kappa shape index (κ2) is 7.90. The van der Waals surface area contributed by atoms with Crippen LogP contribution in [0.15, 0.2) is 41.1 Å². The summed E-state index contributed by atoms with van der Waals surface area (Å²) >= 11 is 0. The Labute approximate surface area is 155 Å². The monoisotopic (exact) mass is 353 g/mol. The average molecular weight is 353 g/mol. The number of allylic oxidation sites excluding steroid dienone is 1. The molecule has 1 fully saturated rings. The molecule has 2 aliphatic rings. The highest BCUT2D eigenvalue weighted by molar-refractivity contribution is 6.16. The van der Waals surface area contributed by atoms with Crippen LogP contribution in [0.1, 0.15) is 57.1 Å².